The predicted octanol–water partition coefficient (Wildman–Crippen LogP) is 3.68. The first-order valence-corrected chi connectivity index (χ1v) is 7.89. The molecular formula is C14H19ClN6. The molecule has 2 atom stereocenters. The molecule has 2 heterocycles. The molecule has 0 spiro atoms. The fourth-order valence-electron chi connectivity index (χ4n) is 3.44. The summed E-state index contributed by atoms with van der Waals surface area (Å²) in [6, 6.07) is 0. The van der Waals surface area contributed by atoms with Gasteiger partial charge in [0.2, 0.25) is 5.95 Å². The molecule has 1 aliphatic heterocycles. The molecule has 0 radical (unpaired) electrons. The molecule has 21 heavy (non-hydrogen) atoms. The van der Waals surface area contributed by atoms with Crippen LogP contribution >= 0.6 is 11.6 Å². The van der Waals surface area contributed by atoms with E-state index in [2.05, 4.69) is 24.9 Å². The number of piperidine rings is 1. The van der Waals surface area contributed by atoms with Gasteiger partial charge in [0, 0.05) is 24.5 Å². The van der Waals surface area contributed by atoms with Crippen molar-refractivity contribution in [2.24, 2.45) is 22.9 Å². The Morgan fingerprint density at radius 1 is 1.33 bits per heavy atom. The minimum Gasteiger partial charge on any atom is -0.341 e. The van der Waals surface area contributed by atoms with E-state index in [1.165, 1.54) is 19.3 Å². The van der Waals surface area contributed by atoms with Crippen molar-refractivity contribution >= 4 is 17.5 Å². The molecule has 1 aliphatic carbocycles. The molecule has 0 N–H and O–H groups in total. The van der Waals surface area contributed by atoms with Crippen molar-refractivity contribution in [1.29, 1.82) is 0 Å². The monoisotopic (exact) mass is 306 g/mol. The highest BCUT2D eigenvalue weighted by Gasteiger charge is 2.42. The van der Waals surface area contributed by atoms with Crippen molar-refractivity contribution in [3.05, 3.63) is 27.9 Å². The molecule has 0 amide bonds. The second-order valence-corrected chi connectivity index (χ2v) is 6.36. The summed E-state index contributed by atoms with van der Waals surface area (Å²) in [6.07, 6.45) is 8.08. The van der Waals surface area contributed by atoms with Crippen molar-refractivity contribution in [3.63, 3.8) is 0 Å². The summed E-state index contributed by atoms with van der Waals surface area (Å²) in [5.74, 6) is 3.21. The van der Waals surface area contributed by atoms with E-state index in [0.717, 1.165) is 43.2 Å². The molecule has 2 fully saturated rings. The molecule has 1 aromatic rings. The van der Waals surface area contributed by atoms with Crippen LogP contribution in [0.2, 0.25) is 5.02 Å². The minimum atomic E-state index is 0.578. The van der Waals surface area contributed by atoms with Crippen LogP contribution in [0, 0.1) is 17.8 Å². The van der Waals surface area contributed by atoms with E-state index in [4.69, 9.17) is 17.1 Å². The second kappa shape index (κ2) is 6.50. The van der Waals surface area contributed by atoms with Gasteiger partial charge >= 0.3 is 0 Å². The maximum atomic E-state index is 8.30. The van der Waals surface area contributed by atoms with E-state index in [1.807, 2.05) is 0 Å². The van der Waals surface area contributed by atoms with Gasteiger partial charge in [-0.15, -0.1) is 0 Å². The summed E-state index contributed by atoms with van der Waals surface area (Å²) < 4.78 is 0. The lowest BCUT2D eigenvalue weighted by atomic mass is 9.90. The molecular weight excluding hydrogens is 288 g/mol. The van der Waals surface area contributed by atoms with Crippen molar-refractivity contribution < 1.29 is 0 Å². The molecule has 3 rings (SSSR count). The summed E-state index contributed by atoms with van der Waals surface area (Å²) in [5.41, 5.74) is 8.30. The van der Waals surface area contributed by atoms with E-state index in [0.29, 0.717) is 11.6 Å². The minimum absolute atomic E-state index is 0.578. The van der Waals surface area contributed by atoms with Crippen LogP contribution in [-0.4, -0.2) is 29.6 Å². The first kappa shape index (κ1) is 14.4. The number of rotatable bonds is 5. The highest BCUT2D eigenvalue weighted by molar-refractivity contribution is 6.30. The normalized spacial score (nSPS) is 25.5. The van der Waals surface area contributed by atoms with Crippen molar-refractivity contribution in [1.82, 2.24) is 9.97 Å². The Balaban J connectivity index is 1.45. The number of hydrogen-bond donors (Lipinski definition) is 0. The van der Waals surface area contributed by atoms with Crippen LogP contribution in [0.3, 0.4) is 0 Å². The topological polar surface area (TPSA) is 77.8 Å². The van der Waals surface area contributed by atoms with Crippen LogP contribution < -0.4 is 4.90 Å². The van der Waals surface area contributed by atoms with Crippen LogP contribution in [0.1, 0.15) is 25.7 Å². The average molecular weight is 307 g/mol. The maximum absolute atomic E-state index is 8.30. The smallest absolute Gasteiger partial charge is 0.225 e. The van der Waals surface area contributed by atoms with Gasteiger partial charge in [0.05, 0.1) is 17.4 Å². The molecule has 1 aromatic heterocycles. The Labute approximate surface area is 129 Å². The second-order valence-electron chi connectivity index (χ2n) is 5.93. The molecule has 7 heteroatoms. The number of nitrogens with zero attached hydrogens (tertiary/aromatic N) is 6. The number of hydrogen-bond acceptors (Lipinski definition) is 4. The van der Waals surface area contributed by atoms with Crippen LogP contribution in [0.25, 0.3) is 10.4 Å². The van der Waals surface area contributed by atoms with Gasteiger partial charge in [0.15, 0.2) is 0 Å². The lowest BCUT2D eigenvalue weighted by molar-refractivity contribution is 0.342. The van der Waals surface area contributed by atoms with Crippen molar-refractivity contribution in [2.45, 2.75) is 25.7 Å². The fraction of sp³-hybridized carbons (Fsp3) is 0.714. The van der Waals surface area contributed by atoms with Crippen LogP contribution in [0.15, 0.2) is 17.5 Å². The van der Waals surface area contributed by atoms with Crippen LogP contribution in [0.4, 0.5) is 5.95 Å². The highest BCUT2D eigenvalue weighted by Crippen LogP contribution is 2.49. The Morgan fingerprint density at radius 3 is 2.71 bits per heavy atom. The third kappa shape index (κ3) is 3.57. The zero-order chi connectivity index (χ0) is 14.7. The highest BCUT2D eigenvalue weighted by atomic mass is 35.5. The quantitative estimate of drug-likeness (QED) is 0.473. The van der Waals surface area contributed by atoms with E-state index < -0.39 is 0 Å². The summed E-state index contributed by atoms with van der Waals surface area (Å²) in [5, 5.41) is 4.21. The third-order valence-corrected chi connectivity index (χ3v) is 4.87. The summed E-state index contributed by atoms with van der Waals surface area (Å²) in [4.78, 5) is 13.6. The first-order valence-electron chi connectivity index (χ1n) is 7.51. The molecule has 2 aliphatic rings. The van der Waals surface area contributed by atoms with E-state index in [-0.39, 0.29) is 0 Å². The van der Waals surface area contributed by atoms with Gasteiger partial charge in [-0.25, -0.2) is 9.97 Å². The number of anilines is 1. The standard InChI is InChI=1S/C14H19ClN6/c15-12-8-17-14(18-9-12)21-5-2-10(3-6-21)13-7-11(13)1-4-19-20-16/h8-11,13H,1-7H2. The van der Waals surface area contributed by atoms with Crippen molar-refractivity contribution in [3.8, 4) is 0 Å². The molecule has 0 aromatic carbocycles. The SMILES string of the molecule is [N-]=[N+]=NCCC1CC1C1CCN(c2ncc(Cl)cn2)CC1. The molecule has 1 saturated carbocycles. The fourth-order valence-corrected chi connectivity index (χ4v) is 3.54. The Hall–Kier alpha value is -1.52. The maximum Gasteiger partial charge on any atom is 0.225 e. The molecule has 6 nitrogen and oxygen atoms in total. The molecule has 2 unspecified atom stereocenters. The summed E-state index contributed by atoms with van der Waals surface area (Å²) in [6.45, 7) is 2.69. The number of azide groups is 1. The van der Waals surface area contributed by atoms with Gasteiger partial charge in [-0.05, 0) is 49.0 Å². The average Bonchev–Trinajstić information content (AvgIpc) is 3.28. The van der Waals surface area contributed by atoms with E-state index in [9.17, 15) is 0 Å². The Morgan fingerprint density at radius 2 is 2.05 bits per heavy atom. The Bertz CT molecular complexity index is 519. The van der Waals surface area contributed by atoms with Gasteiger partial charge in [-0.2, -0.15) is 0 Å². The third-order valence-electron chi connectivity index (χ3n) is 4.68. The predicted molar refractivity (Wildman–Crippen MR) is 82.2 cm³/mol. The summed E-state index contributed by atoms with van der Waals surface area (Å²) in [7, 11) is 0. The zero-order valence-corrected chi connectivity index (χ0v) is 12.7. The lowest BCUT2D eigenvalue weighted by Gasteiger charge is -2.32. The van der Waals surface area contributed by atoms with Gasteiger partial charge in [0.1, 0.15) is 0 Å². The number of aromatic nitrogens is 2. The van der Waals surface area contributed by atoms with Crippen molar-refractivity contribution in [2.75, 3.05) is 24.5 Å². The number of halogens is 1. The van der Waals surface area contributed by atoms with Gasteiger partial charge in [-0.1, -0.05) is 16.7 Å². The van der Waals surface area contributed by atoms with Crippen LogP contribution in [0.5, 0.6) is 0 Å². The van der Waals surface area contributed by atoms with E-state index in [1.54, 1.807) is 12.4 Å². The first-order chi connectivity index (χ1) is 10.3. The van der Waals surface area contributed by atoms with E-state index >= 15 is 0 Å². The largest absolute Gasteiger partial charge is 0.341 e. The van der Waals surface area contributed by atoms with Gasteiger partial charge < -0.3 is 4.90 Å². The van der Waals surface area contributed by atoms with Crippen LogP contribution in [-0.2, 0) is 0 Å². The lowest BCUT2D eigenvalue weighted by Crippen LogP contribution is -2.35. The summed E-state index contributed by atoms with van der Waals surface area (Å²) >= 11 is 5.82. The van der Waals surface area contributed by atoms with Gasteiger partial charge in [-0.3, -0.25) is 0 Å². The zero-order valence-electron chi connectivity index (χ0n) is 11.9. The Kier molecular flexibility index (Phi) is 4.46. The molecule has 112 valence electrons. The molecule has 0 bridgehead atoms. The van der Waals surface area contributed by atoms with Gasteiger partial charge in [0.25, 0.3) is 0 Å². The molecule has 1 saturated heterocycles.